The predicted molar refractivity (Wildman–Crippen MR) is 114 cm³/mol. The number of nitrogens with zero attached hydrogens (tertiary/aromatic N) is 3. The zero-order chi connectivity index (χ0) is 22.2. The van der Waals surface area contributed by atoms with Gasteiger partial charge in [0.15, 0.2) is 11.6 Å². The van der Waals surface area contributed by atoms with Gasteiger partial charge in [0.2, 0.25) is 5.91 Å². The van der Waals surface area contributed by atoms with Crippen LogP contribution < -0.4 is 4.90 Å². The molecule has 2 heterocycles. The third-order valence-corrected chi connectivity index (χ3v) is 5.88. The first-order valence-corrected chi connectivity index (χ1v) is 10.2. The van der Waals surface area contributed by atoms with Crippen LogP contribution in [-0.4, -0.2) is 28.3 Å². The fraction of sp³-hybridized carbons (Fsp3) is 0.174. The van der Waals surface area contributed by atoms with Crippen molar-refractivity contribution in [1.29, 1.82) is 0 Å². The molecule has 8 heteroatoms. The lowest BCUT2D eigenvalue weighted by Crippen LogP contribution is -2.60. The molecule has 0 saturated carbocycles. The molecule has 1 aromatic heterocycles. The molecule has 3 amide bonds. The quantitative estimate of drug-likeness (QED) is 0.554. The second kappa shape index (κ2) is 7.93. The van der Waals surface area contributed by atoms with Gasteiger partial charge in [-0.15, -0.1) is 0 Å². The van der Waals surface area contributed by atoms with E-state index in [9.17, 15) is 18.4 Å². The Morgan fingerprint density at radius 2 is 1.68 bits per heavy atom. The average molecular weight is 437 g/mol. The van der Waals surface area contributed by atoms with Crippen molar-refractivity contribution in [1.82, 2.24) is 9.27 Å². The van der Waals surface area contributed by atoms with Crippen LogP contribution in [0, 0.1) is 23.5 Å². The largest absolute Gasteiger partial charge is 0.332 e. The van der Waals surface area contributed by atoms with Gasteiger partial charge in [-0.2, -0.15) is 4.37 Å². The standard InChI is InChI=1S/C23H17F2N3O2S/c1-23(19-10-11-31-26-19)14-20(29)28(22(30)27(23)2)21-17(24)12-16(13-18(21)25)9-8-15-6-4-3-5-7-15/h3-7,10-13H,14H2,1-2H3/t23-/m0/s1. The zero-order valence-corrected chi connectivity index (χ0v) is 17.5. The van der Waals surface area contributed by atoms with Crippen LogP contribution in [0.5, 0.6) is 0 Å². The van der Waals surface area contributed by atoms with Gasteiger partial charge in [0.25, 0.3) is 0 Å². The minimum Gasteiger partial charge on any atom is -0.315 e. The van der Waals surface area contributed by atoms with Crippen molar-refractivity contribution < 1.29 is 18.4 Å². The van der Waals surface area contributed by atoms with Crippen LogP contribution >= 0.6 is 11.5 Å². The van der Waals surface area contributed by atoms with E-state index in [1.54, 1.807) is 42.6 Å². The smallest absolute Gasteiger partial charge is 0.315 e. The lowest BCUT2D eigenvalue weighted by molar-refractivity contribution is -0.122. The number of halogens is 2. The van der Waals surface area contributed by atoms with Gasteiger partial charge < -0.3 is 4.90 Å². The molecule has 0 N–H and O–H groups in total. The maximum absolute atomic E-state index is 14.9. The Kier molecular flexibility index (Phi) is 5.29. The minimum absolute atomic E-state index is 0.0974. The average Bonchev–Trinajstić information content (AvgIpc) is 3.29. The molecule has 156 valence electrons. The van der Waals surface area contributed by atoms with E-state index < -0.39 is 34.8 Å². The molecule has 31 heavy (non-hydrogen) atoms. The summed E-state index contributed by atoms with van der Waals surface area (Å²) in [4.78, 5) is 27.7. The van der Waals surface area contributed by atoms with E-state index in [-0.39, 0.29) is 12.0 Å². The van der Waals surface area contributed by atoms with E-state index in [0.717, 1.165) is 12.1 Å². The summed E-state index contributed by atoms with van der Waals surface area (Å²) in [5.41, 5.74) is -0.364. The Labute approximate surface area is 182 Å². The summed E-state index contributed by atoms with van der Waals surface area (Å²) in [5, 5.41) is 1.74. The van der Waals surface area contributed by atoms with Crippen LogP contribution in [-0.2, 0) is 10.3 Å². The van der Waals surface area contributed by atoms with Crippen molar-refractivity contribution in [2.24, 2.45) is 0 Å². The Hall–Kier alpha value is -3.57. The fourth-order valence-corrected chi connectivity index (χ4v) is 4.07. The van der Waals surface area contributed by atoms with Crippen molar-refractivity contribution in [3.63, 3.8) is 0 Å². The lowest BCUT2D eigenvalue weighted by Gasteiger charge is -2.44. The van der Waals surface area contributed by atoms with Gasteiger partial charge in [-0.1, -0.05) is 30.0 Å². The maximum Gasteiger partial charge on any atom is 0.332 e. The van der Waals surface area contributed by atoms with Crippen molar-refractivity contribution in [2.75, 3.05) is 11.9 Å². The summed E-state index contributed by atoms with van der Waals surface area (Å²) >= 11 is 1.20. The number of imide groups is 1. The molecule has 0 radical (unpaired) electrons. The first-order chi connectivity index (χ1) is 14.8. The predicted octanol–water partition coefficient (Wildman–Crippen LogP) is 4.53. The molecule has 0 unspecified atom stereocenters. The van der Waals surface area contributed by atoms with Gasteiger partial charge in [-0.3, -0.25) is 4.79 Å². The first-order valence-electron chi connectivity index (χ1n) is 9.39. The normalized spacial score (nSPS) is 18.7. The Morgan fingerprint density at radius 1 is 1.03 bits per heavy atom. The topological polar surface area (TPSA) is 53.5 Å². The molecule has 1 atom stereocenters. The number of hydrogen-bond donors (Lipinski definition) is 0. The number of carbonyl (C=O) groups excluding carboxylic acids is 2. The van der Waals surface area contributed by atoms with Crippen molar-refractivity contribution >= 4 is 29.2 Å². The summed E-state index contributed by atoms with van der Waals surface area (Å²) in [6.45, 7) is 1.70. The molecule has 0 spiro atoms. The second-order valence-corrected chi connectivity index (χ2v) is 7.98. The number of hydrogen-bond acceptors (Lipinski definition) is 4. The molecular weight excluding hydrogens is 420 g/mol. The molecule has 0 aliphatic carbocycles. The van der Waals surface area contributed by atoms with E-state index in [1.807, 2.05) is 6.07 Å². The summed E-state index contributed by atoms with van der Waals surface area (Å²) < 4.78 is 34.0. The number of aromatic nitrogens is 1. The van der Waals surface area contributed by atoms with Crippen molar-refractivity contribution in [2.45, 2.75) is 18.9 Å². The highest BCUT2D eigenvalue weighted by Crippen LogP contribution is 2.38. The fourth-order valence-electron chi connectivity index (χ4n) is 3.45. The summed E-state index contributed by atoms with van der Waals surface area (Å²) in [7, 11) is 1.48. The van der Waals surface area contributed by atoms with Gasteiger partial charge in [0, 0.05) is 23.6 Å². The molecule has 3 aromatic rings. The Morgan fingerprint density at radius 3 is 2.29 bits per heavy atom. The molecule has 1 saturated heterocycles. The SMILES string of the molecule is CN1C(=O)N(c2c(F)cc(C#Cc3ccccc3)cc2F)C(=O)C[C@@]1(C)c1ccsn1. The van der Waals surface area contributed by atoms with Gasteiger partial charge in [-0.05, 0) is 48.8 Å². The van der Waals surface area contributed by atoms with Crippen LogP contribution in [0.2, 0.25) is 0 Å². The number of amides is 3. The van der Waals surface area contributed by atoms with Crippen LogP contribution in [0.4, 0.5) is 19.3 Å². The zero-order valence-electron chi connectivity index (χ0n) is 16.7. The highest BCUT2D eigenvalue weighted by atomic mass is 32.1. The van der Waals surface area contributed by atoms with E-state index >= 15 is 0 Å². The molecule has 5 nitrogen and oxygen atoms in total. The van der Waals surface area contributed by atoms with Crippen LogP contribution in [0.3, 0.4) is 0 Å². The van der Waals surface area contributed by atoms with Crippen LogP contribution in [0.15, 0.2) is 53.9 Å². The Bertz CT molecular complexity index is 1200. The number of carbonyl (C=O) groups is 2. The summed E-state index contributed by atoms with van der Waals surface area (Å²) in [6, 6.07) is 11.9. The molecule has 1 fully saturated rings. The van der Waals surface area contributed by atoms with E-state index in [0.29, 0.717) is 16.2 Å². The molecular formula is C23H17F2N3O2S. The van der Waals surface area contributed by atoms with E-state index in [2.05, 4.69) is 16.2 Å². The van der Waals surface area contributed by atoms with Gasteiger partial charge in [0.05, 0.1) is 17.7 Å². The number of urea groups is 1. The van der Waals surface area contributed by atoms with Gasteiger partial charge in [-0.25, -0.2) is 18.5 Å². The number of rotatable bonds is 2. The van der Waals surface area contributed by atoms with Crippen LogP contribution in [0.1, 0.15) is 30.2 Å². The third-order valence-electron chi connectivity index (χ3n) is 5.32. The summed E-state index contributed by atoms with van der Waals surface area (Å²) in [5.74, 6) is 2.74. The first kappa shape index (κ1) is 20.7. The highest BCUT2D eigenvalue weighted by Gasteiger charge is 2.48. The molecule has 4 rings (SSSR count). The number of anilines is 1. The Balaban J connectivity index is 1.68. The maximum atomic E-state index is 14.9. The van der Waals surface area contributed by atoms with Gasteiger partial charge >= 0.3 is 6.03 Å². The van der Waals surface area contributed by atoms with Crippen molar-refractivity contribution in [3.05, 3.63) is 82.4 Å². The summed E-state index contributed by atoms with van der Waals surface area (Å²) in [6.07, 6.45) is -0.159. The van der Waals surface area contributed by atoms with Crippen molar-refractivity contribution in [3.8, 4) is 11.8 Å². The third kappa shape index (κ3) is 3.68. The van der Waals surface area contributed by atoms with Gasteiger partial charge in [0.1, 0.15) is 5.69 Å². The molecule has 0 bridgehead atoms. The van der Waals surface area contributed by atoms with E-state index in [4.69, 9.17) is 0 Å². The van der Waals surface area contributed by atoms with Crippen LogP contribution in [0.25, 0.3) is 0 Å². The number of benzene rings is 2. The minimum atomic E-state index is -1.04. The molecule has 1 aliphatic rings. The monoisotopic (exact) mass is 437 g/mol. The highest BCUT2D eigenvalue weighted by molar-refractivity contribution is 7.03. The lowest BCUT2D eigenvalue weighted by atomic mass is 9.89. The molecule has 2 aromatic carbocycles. The molecule has 1 aliphatic heterocycles. The van der Waals surface area contributed by atoms with E-state index in [1.165, 1.54) is 23.5 Å². The second-order valence-electron chi connectivity index (χ2n) is 7.31.